The molecule has 2 rings (SSSR count). The van der Waals surface area contributed by atoms with Gasteiger partial charge in [-0.3, -0.25) is 4.79 Å². The number of amides is 1. The molecule has 0 spiro atoms. The second-order valence-corrected chi connectivity index (χ2v) is 5.83. The average molecular weight is 329 g/mol. The molecule has 1 N–H and O–H groups in total. The van der Waals surface area contributed by atoms with Gasteiger partial charge in [0.1, 0.15) is 5.82 Å². The summed E-state index contributed by atoms with van der Waals surface area (Å²) in [4.78, 5) is 14.0. The number of hydrogen-bond acceptors (Lipinski definition) is 2. The van der Waals surface area contributed by atoms with E-state index in [9.17, 15) is 9.18 Å². The molecule has 1 aliphatic rings. The van der Waals surface area contributed by atoms with Gasteiger partial charge in [0.2, 0.25) is 0 Å². The summed E-state index contributed by atoms with van der Waals surface area (Å²) < 4.78 is 14.4. The van der Waals surface area contributed by atoms with Gasteiger partial charge in [0, 0.05) is 17.6 Å². The van der Waals surface area contributed by atoms with Crippen LogP contribution in [0, 0.1) is 11.7 Å². The molecule has 0 atom stereocenters. The van der Waals surface area contributed by atoms with Crippen molar-refractivity contribution in [2.75, 3.05) is 26.7 Å². The summed E-state index contributed by atoms with van der Waals surface area (Å²) in [6.45, 7) is 2.39. The van der Waals surface area contributed by atoms with Crippen LogP contribution in [-0.4, -0.2) is 37.5 Å². The molecule has 1 saturated heterocycles. The first kappa shape index (κ1) is 14.5. The highest BCUT2D eigenvalue weighted by molar-refractivity contribution is 9.10. The monoisotopic (exact) mass is 328 g/mol. The molecule has 1 fully saturated rings. The minimum Gasteiger partial charge on any atom is -0.339 e. The topological polar surface area (TPSA) is 32.3 Å². The fraction of sp³-hybridized carbons (Fsp3) is 0.500. The number of halogens is 2. The van der Waals surface area contributed by atoms with E-state index in [1.54, 1.807) is 17.0 Å². The van der Waals surface area contributed by atoms with Gasteiger partial charge >= 0.3 is 0 Å². The predicted octanol–water partition coefficient (Wildman–Crippen LogP) is 2.66. The van der Waals surface area contributed by atoms with Crippen molar-refractivity contribution in [3.8, 4) is 0 Å². The van der Waals surface area contributed by atoms with Gasteiger partial charge in [0.05, 0.1) is 5.56 Å². The maximum absolute atomic E-state index is 13.7. The fourth-order valence-electron chi connectivity index (χ4n) is 2.46. The Morgan fingerprint density at radius 3 is 2.79 bits per heavy atom. The zero-order chi connectivity index (χ0) is 13.8. The molecule has 1 aromatic rings. The smallest absolute Gasteiger partial charge is 0.256 e. The van der Waals surface area contributed by atoms with E-state index in [2.05, 4.69) is 21.2 Å². The van der Waals surface area contributed by atoms with E-state index in [-0.39, 0.29) is 11.5 Å². The van der Waals surface area contributed by atoms with E-state index in [4.69, 9.17) is 0 Å². The van der Waals surface area contributed by atoms with E-state index < -0.39 is 5.82 Å². The molecule has 1 amide bonds. The van der Waals surface area contributed by atoms with Crippen LogP contribution in [0.1, 0.15) is 23.2 Å². The molecule has 0 bridgehead atoms. The van der Waals surface area contributed by atoms with Crippen LogP contribution in [-0.2, 0) is 0 Å². The quantitative estimate of drug-likeness (QED) is 0.925. The summed E-state index contributed by atoms with van der Waals surface area (Å²) >= 11 is 3.27. The molecular formula is C14H18BrFN2O. The number of benzene rings is 1. The van der Waals surface area contributed by atoms with E-state index in [1.807, 2.05) is 7.05 Å². The second-order valence-electron chi connectivity index (χ2n) is 4.92. The van der Waals surface area contributed by atoms with Crippen LogP contribution in [0.2, 0.25) is 0 Å². The van der Waals surface area contributed by atoms with E-state index >= 15 is 0 Å². The second kappa shape index (κ2) is 6.48. The van der Waals surface area contributed by atoms with Crippen molar-refractivity contribution in [2.24, 2.45) is 5.92 Å². The normalized spacial score (nSPS) is 16.7. The van der Waals surface area contributed by atoms with E-state index in [0.717, 1.165) is 23.9 Å². The Morgan fingerprint density at radius 2 is 2.16 bits per heavy atom. The molecule has 3 nitrogen and oxygen atoms in total. The minimum atomic E-state index is -0.453. The molecule has 0 saturated carbocycles. The van der Waals surface area contributed by atoms with Gasteiger partial charge < -0.3 is 10.2 Å². The standard InChI is InChI=1S/C14H18BrFN2O/c1-17-9-10-4-6-18(7-5-10)14(19)12-8-11(15)2-3-13(12)16/h2-3,8,10,17H,4-7,9H2,1H3. The highest BCUT2D eigenvalue weighted by atomic mass is 79.9. The Morgan fingerprint density at radius 1 is 1.47 bits per heavy atom. The Hall–Kier alpha value is -0.940. The summed E-state index contributed by atoms with van der Waals surface area (Å²) in [5.41, 5.74) is 0.154. The van der Waals surface area contributed by atoms with Gasteiger partial charge in [-0.2, -0.15) is 0 Å². The predicted molar refractivity (Wildman–Crippen MR) is 76.7 cm³/mol. The number of carbonyl (C=O) groups is 1. The molecule has 1 aromatic carbocycles. The molecule has 0 aliphatic carbocycles. The van der Waals surface area contributed by atoms with Crippen LogP contribution in [0.5, 0.6) is 0 Å². The summed E-state index contributed by atoms with van der Waals surface area (Å²) in [6, 6.07) is 4.48. The summed E-state index contributed by atoms with van der Waals surface area (Å²) in [5.74, 6) is -0.0475. The molecule has 0 unspecified atom stereocenters. The maximum atomic E-state index is 13.7. The summed E-state index contributed by atoms with van der Waals surface area (Å²) in [7, 11) is 1.94. The number of likely N-dealkylation sites (tertiary alicyclic amines) is 1. The van der Waals surface area contributed by atoms with Crippen LogP contribution in [0.25, 0.3) is 0 Å². The number of carbonyl (C=O) groups excluding carboxylic acids is 1. The third-order valence-electron chi connectivity index (χ3n) is 3.55. The van der Waals surface area contributed by atoms with Gasteiger partial charge in [0.15, 0.2) is 0 Å². The van der Waals surface area contributed by atoms with Crippen molar-refractivity contribution in [3.63, 3.8) is 0 Å². The maximum Gasteiger partial charge on any atom is 0.256 e. The minimum absolute atomic E-state index is 0.154. The van der Waals surface area contributed by atoms with Crippen molar-refractivity contribution < 1.29 is 9.18 Å². The van der Waals surface area contributed by atoms with Gasteiger partial charge in [-0.05, 0) is 50.6 Å². The molecule has 104 valence electrons. The van der Waals surface area contributed by atoms with E-state index in [1.165, 1.54) is 6.07 Å². The lowest BCUT2D eigenvalue weighted by molar-refractivity contribution is 0.0686. The van der Waals surface area contributed by atoms with Gasteiger partial charge in [-0.25, -0.2) is 4.39 Å². The largest absolute Gasteiger partial charge is 0.339 e. The van der Waals surface area contributed by atoms with Crippen LogP contribution in [0.15, 0.2) is 22.7 Å². The Kier molecular flexibility index (Phi) is 4.93. The Bertz CT molecular complexity index is 459. The number of hydrogen-bond donors (Lipinski definition) is 1. The first-order chi connectivity index (χ1) is 9.11. The molecular weight excluding hydrogens is 311 g/mol. The summed E-state index contributed by atoms with van der Waals surface area (Å²) in [6.07, 6.45) is 1.95. The van der Waals surface area contributed by atoms with Crippen molar-refractivity contribution in [1.29, 1.82) is 0 Å². The molecule has 19 heavy (non-hydrogen) atoms. The number of rotatable bonds is 3. The van der Waals surface area contributed by atoms with Gasteiger partial charge in [0.25, 0.3) is 5.91 Å². The lowest BCUT2D eigenvalue weighted by Crippen LogP contribution is -2.40. The lowest BCUT2D eigenvalue weighted by Gasteiger charge is -2.32. The Labute approximate surface area is 121 Å². The highest BCUT2D eigenvalue weighted by Gasteiger charge is 2.24. The third-order valence-corrected chi connectivity index (χ3v) is 4.05. The molecule has 1 heterocycles. The van der Waals surface area contributed by atoms with Gasteiger partial charge in [-0.15, -0.1) is 0 Å². The number of nitrogens with one attached hydrogen (secondary N) is 1. The molecule has 0 aromatic heterocycles. The van der Waals surface area contributed by atoms with Crippen molar-refractivity contribution in [1.82, 2.24) is 10.2 Å². The van der Waals surface area contributed by atoms with E-state index in [0.29, 0.717) is 19.0 Å². The van der Waals surface area contributed by atoms with Crippen LogP contribution >= 0.6 is 15.9 Å². The van der Waals surface area contributed by atoms with Crippen LogP contribution in [0.4, 0.5) is 4.39 Å². The highest BCUT2D eigenvalue weighted by Crippen LogP contribution is 2.21. The number of piperidine rings is 1. The Balaban J connectivity index is 2.03. The first-order valence-electron chi connectivity index (χ1n) is 6.50. The van der Waals surface area contributed by atoms with Crippen molar-refractivity contribution in [2.45, 2.75) is 12.8 Å². The molecule has 5 heteroatoms. The average Bonchev–Trinajstić information content (AvgIpc) is 2.42. The number of nitrogens with zero attached hydrogens (tertiary/aromatic N) is 1. The van der Waals surface area contributed by atoms with Crippen molar-refractivity contribution >= 4 is 21.8 Å². The van der Waals surface area contributed by atoms with Crippen LogP contribution in [0.3, 0.4) is 0 Å². The SMILES string of the molecule is CNCC1CCN(C(=O)c2cc(Br)ccc2F)CC1. The van der Waals surface area contributed by atoms with Gasteiger partial charge in [-0.1, -0.05) is 15.9 Å². The zero-order valence-corrected chi connectivity index (χ0v) is 12.5. The molecule has 1 aliphatic heterocycles. The summed E-state index contributed by atoms with van der Waals surface area (Å²) in [5, 5.41) is 3.16. The zero-order valence-electron chi connectivity index (χ0n) is 11.0. The lowest BCUT2D eigenvalue weighted by atomic mass is 9.96. The van der Waals surface area contributed by atoms with Crippen molar-refractivity contribution in [3.05, 3.63) is 34.1 Å². The van der Waals surface area contributed by atoms with Crippen LogP contribution < -0.4 is 5.32 Å². The fourth-order valence-corrected chi connectivity index (χ4v) is 2.82. The first-order valence-corrected chi connectivity index (χ1v) is 7.30. The third kappa shape index (κ3) is 3.54. The molecule has 0 radical (unpaired) electrons.